The Morgan fingerprint density at radius 3 is 2.58 bits per heavy atom. The van der Waals surface area contributed by atoms with Crippen LogP contribution in [0.25, 0.3) is 0 Å². The molecule has 0 fully saturated rings. The van der Waals surface area contributed by atoms with Crippen molar-refractivity contribution in [3.8, 4) is 0 Å². The Labute approximate surface area is 124 Å². The summed E-state index contributed by atoms with van der Waals surface area (Å²) in [6.07, 6.45) is 0. The van der Waals surface area contributed by atoms with Crippen LogP contribution in [-0.4, -0.2) is 5.78 Å². The first-order chi connectivity index (χ1) is 8.91. The van der Waals surface area contributed by atoms with Crippen LogP contribution in [0.5, 0.6) is 0 Å². The highest BCUT2D eigenvalue weighted by Gasteiger charge is 2.18. The van der Waals surface area contributed by atoms with E-state index in [1.807, 2.05) is 19.9 Å². The number of aryl methyl sites for hydroxylation is 1. The fraction of sp³-hybridized carbons (Fsp3) is 0.133. The van der Waals surface area contributed by atoms with Crippen LogP contribution in [0.1, 0.15) is 27.0 Å². The highest BCUT2D eigenvalue weighted by atomic mass is 79.9. The van der Waals surface area contributed by atoms with Crippen LogP contribution in [0, 0.1) is 19.7 Å². The predicted octanol–water partition coefficient (Wildman–Crippen LogP) is 5.09. The molecule has 0 bridgehead atoms. The zero-order chi connectivity index (χ0) is 14.2. The molecule has 19 heavy (non-hydrogen) atoms. The van der Waals surface area contributed by atoms with E-state index in [0.29, 0.717) is 15.1 Å². The van der Waals surface area contributed by atoms with Gasteiger partial charge in [0.25, 0.3) is 0 Å². The molecule has 0 amide bonds. The largest absolute Gasteiger partial charge is 0.288 e. The molecule has 4 heteroatoms. The number of carbonyl (C=O) groups is 1. The van der Waals surface area contributed by atoms with E-state index in [-0.39, 0.29) is 11.3 Å². The maximum absolute atomic E-state index is 13.9. The van der Waals surface area contributed by atoms with E-state index in [9.17, 15) is 9.18 Å². The average Bonchev–Trinajstić information content (AvgIpc) is 2.36. The highest BCUT2D eigenvalue weighted by Crippen LogP contribution is 2.27. The summed E-state index contributed by atoms with van der Waals surface area (Å²) >= 11 is 9.05. The molecule has 0 aliphatic carbocycles. The van der Waals surface area contributed by atoms with Crippen molar-refractivity contribution in [2.24, 2.45) is 0 Å². The zero-order valence-corrected chi connectivity index (χ0v) is 12.8. The summed E-state index contributed by atoms with van der Waals surface area (Å²) in [7, 11) is 0. The van der Waals surface area contributed by atoms with Gasteiger partial charge in [-0.05, 0) is 53.0 Å². The smallest absolute Gasteiger partial charge is 0.196 e. The molecule has 1 nitrogen and oxygen atoms in total. The maximum atomic E-state index is 13.9. The molecule has 0 aliphatic heterocycles. The molecule has 0 radical (unpaired) electrons. The molecular formula is C15H11BrClFO. The molecule has 0 aromatic heterocycles. The lowest BCUT2D eigenvalue weighted by molar-refractivity contribution is 0.103. The lowest BCUT2D eigenvalue weighted by Crippen LogP contribution is -2.07. The van der Waals surface area contributed by atoms with Crippen molar-refractivity contribution in [2.75, 3.05) is 0 Å². The summed E-state index contributed by atoms with van der Waals surface area (Å²) in [6.45, 7) is 3.76. The number of carbonyl (C=O) groups excluding carboxylic acids is 1. The van der Waals surface area contributed by atoms with Crippen molar-refractivity contribution >= 4 is 33.3 Å². The third kappa shape index (κ3) is 2.72. The predicted molar refractivity (Wildman–Crippen MR) is 78.5 cm³/mol. The topological polar surface area (TPSA) is 17.1 Å². The van der Waals surface area contributed by atoms with E-state index in [1.165, 1.54) is 12.1 Å². The van der Waals surface area contributed by atoms with Gasteiger partial charge in [0.1, 0.15) is 5.82 Å². The standard InChI is InChI=1S/C15H11BrClFO/c1-8-4-3-5-10(9(8)2)15(19)11-6-13(17)12(16)7-14(11)18/h3-7H,1-2H3. The summed E-state index contributed by atoms with van der Waals surface area (Å²) in [4.78, 5) is 12.4. The zero-order valence-electron chi connectivity index (χ0n) is 10.4. The molecule has 0 N–H and O–H groups in total. The van der Waals surface area contributed by atoms with Crippen molar-refractivity contribution in [3.05, 3.63) is 67.9 Å². The SMILES string of the molecule is Cc1cccc(C(=O)c2cc(Cl)c(Br)cc2F)c1C. The molecular weight excluding hydrogens is 331 g/mol. The maximum Gasteiger partial charge on any atom is 0.196 e. The number of hydrogen-bond donors (Lipinski definition) is 0. The van der Waals surface area contributed by atoms with E-state index in [1.54, 1.807) is 12.1 Å². The molecule has 0 aliphatic rings. The summed E-state index contributed by atoms with van der Waals surface area (Å²) in [5.41, 5.74) is 2.33. The Morgan fingerprint density at radius 1 is 1.21 bits per heavy atom. The summed E-state index contributed by atoms with van der Waals surface area (Å²) < 4.78 is 14.3. The van der Waals surface area contributed by atoms with E-state index >= 15 is 0 Å². The van der Waals surface area contributed by atoms with Crippen molar-refractivity contribution in [1.29, 1.82) is 0 Å². The quantitative estimate of drug-likeness (QED) is 0.549. The number of rotatable bonds is 2. The first-order valence-electron chi connectivity index (χ1n) is 5.67. The monoisotopic (exact) mass is 340 g/mol. The van der Waals surface area contributed by atoms with Crippen LogP contribution in [0.2, 0.25) is 5.02 Å². The Hall–Kier alpha value is -1.19. The van der Waals surface area contributed by atoms with Gasteiger partial charge in [-0.2, -0.15) is 0 Å². The molecule has 0 spiro atoms. The van der Waals surface area contributed by atoms with Gasteiger partial charge in [-0.1, -0.05) is 29.8 Å². The number of halogens is 3. The molecule has 0 heterocycles. The Balaban J connectivity index is 2.56. The van der Waals surface area contributed by atoms with Gasteiger partial charge in [-0.25, -0.2) is 4.39 Å². The first-order valence-corrected chi connectivity index (χ1v) is 6.84. The molecule has 0 saturated carbocycles. The minimum atomic E-state index is -0.581. The van der Waals surface area contributed by atoms with Crippen LogP contribution in [0.4, 0.5) is 4.39 Å². The van der Waals surface area contributed by atoms with E-state index < -0.39 is 5.82 Å². The highest BCUT2D eigenvalue weighted by molar-refractivity contribution is 9.10. The molecule has 2 aromatic carbocycles. The Kier molecular flexibility index (Phi) is 4.07. The number of hydrogen-bond acceptors (Lipinski definition) is 1. The second kappa shape index (κ2) is 5.43. The van der Waals surface area contributed by atoms with Crippen LogP contribution in [-0.2, 0) is 0 Å². The van der Waals surface area contributed by atoms with Crippen LogP contribution >= 0.6 is 27.5 Å². The van der Waals surface area contributed by atoms with Gasteiger partial charge >= 0.3 is 0 Å². The van der Waals surface area contributed by atoms with Crippen LogP contribution < -0.4 is 0 Å². The lowest BCUT2D eigenvalue weighted by atomic mass is 9.96. The minimum absolute atomic E-state index is 0.0121. The molecule has 0 unspecified atom stereocenters. The normalized spacial score (nSPS) is 10.6. The second-order valence-corrected chi connectivity index (χ2v) is 5.58. The molecule has 98 valence electrons. The van der Waals surface area contributed by atoms with Crippen molar-refractivity contribution < 1.29 is 9.18 Å². The van der Waals surface area contributed by atoms with Gasteiger partial charge in [-0.15, -0.1) is 0 Å². The van der Waals surface area contributed by atoms with Gasteiger partial charge in [0.05, 0.1) is 10.6 Å². The van der Waals surface area contributed by atoms with Crippen molar-refractivity contribution in [3.63, 3.8) is 0 Å². The fourth-order valence-corrected chi connectivity index (χ4v) is 2.32. The number of ketones is 1. The summed E-state index contributed by atoms with van der Waals surface area (Å²) in [5, 5.41) is 0.315. The Bertz CT molecular complexity index is 667. The third-order valence-electron chi connectivity index (χ3n) is 3.10. The molecule has 0 saturated heterocycles. The van der Waals surface area contributed by atoms with Gasteiger partial charge in [0.15, 0.2) is 5.78 Å². The van der Waals surface area contributed by atoms with E-state index in [4.69, 9.17) is 11.6 Å². The minimum Gasteiger partial charge on any atom is -0.288 e. The van der Waals surface area contributed by atoms with E-state index in [2.05, 4.69) is 15.9 Å². The lowest BCUT2D eigenvalue weighted by Gasteiger charge is -2.09. The van der Waals surface area contributed by atoms with Gasteiger partial charge in [-0.3, -0.25) is 4.79 Å². The fourth-order valence-electron chi connectivity index (χ4n) is 1.84. The summed E-state index contributed by atoms with van der Waals surface area (Å²) in [5.74, 6) is -0.935. The van der Waals surface area contributed by atoms with E-state index in [0.717, 1.165) is 11.1 Å². The second-order valence-electron chi connectivity index (χ2n) is 4.32. The van der Waals surface area contributed by atoms with Crippen LogP contribution in [0.15, 0.2) is 34.8 Å². The van der Waals surface area contributed by atoms with Crippen molar-refractivity contribution in [2.45, 2.75) is 13.8 Å². The van der Waals surface area contributed by atoms with Crippen molar-refractivity contribution in [1.82, 2.24) is 0 Å². The number of benzene rings is 2. The van der Waals surface area contributed by atoms with Gasteiger partial charge in [0.2, 0.25) is 0 Å². The summed E-state index contributed by atoms with van der Waals surface area (Å²) in [6, 6.07) is 7.96. The molecule has 0 atom stereocenters. The van der Waals surface area contributed by atoms with Gasteiger partial charge in [0, 0.05) is 10.0 Å². The average molecular weight is 342 g/mol. The Morgan fingerprint density at radius 2 is 1.89 bits per heavy atom. The third-order valence-corrected chi connectivity index (χ3v) is 4.30. The van der Waals surface area contributed by atoms with Crippen LogP contribution in [0.3, 0.4) is 0 Å². The van der Waals surface area contributed by atoms with Gasteiger partial charge < -0.3 is 0 Å². The molecule has 2 rings (SSSR count). The molecule has 2 aromatic rings. The first kappa shape index (κ1) is 14.2.